The molecule has 0 bridgehead atoms. The molecule has 0 spiro atoms. The Morgan fingerprint density at radius 3 is 2.78 bits per heavy atom. The maximum absolute atomic E-state index is 11.7. The average molecular weight is 253 g/mol. The molecule has 102 valence electrons. The average Bonchev–Trinajstić information content (AvgIpc) is 2.80. The Bertz CT molecular complexity index is 374. The van der Waals surface area contributed by atoms with Crippen LogP contribution in [0.5, 0.6) is 0 Å². The third-order valence-corrected chi connectivity index (χ3v) is 2.68. The molecule has 1 atom stereocenters. The van der Waals surface area contributed by atoms with Gasteiger partial charge in [-0.25, -0.2) is 0 Å². The molecule has 1 aromatic rings. The van der Waals surface area contributed by atoms with E-state index in [2.05, 4.69) is 34.7 Å². The lowest BCUT2D eigenvalue weighted by molar-refractivity contribution is -0.122. The number of carbonyl (C=O) groups excluding carboxylic acids is 1. The van der Waals surface area contributed by atoms with Gasteiger partial charge in [0.1, 0.15) is 12.2 Å². The third kappa shape index (κ3) is 4.44. The molecule has 0 saturated carbocycles. The van der Waals surface area contributed by atoms with Crippen molar-refractivity contribution in [1.82, 2.24) is 25.4 Å². The van der Waals surface area contributed by atoms with Gasteiger partial charge in [0.05, 0.1) is 12.6 Å². The van der Waals surface area contributed by atoms with E-state index in [9.17, 15) is 4.79 Å². The van der Waals surface area contributed by atoms with Crippen LogP contribution in [0.4, 0.5) is 0 Å². The minimum atomic E-state index is -0.231. The number of aryl methyl sites for hydroxylation is 1. The van der Waals surface area contributed by atoms with Gasteiger partial charge in [-0.15, -0.1) is 10.2 Å². The van der Waals surface area contributed by atoms with Gasteiger partial charge in [-0.2, -0.15) is 0 Å². The van der Waals surface area contributed by atoms with Gasteiger partial charge >= 0.3 is 0 Å². The number of aromatic nitrogens is 3. The second-order valence-electron chi connectivity index (χ2n) is 4.77. The first-order chi connectivity index (χ1) is 8.54. The van der Waals surface area contributed by atoms with Crippen LogP contribution in [0.25, 0.3) is 0 Å². The summed E-state index contributed by atoms with van der Waals surface area (Å²) in [6.45, 7) is 10.1. The summed E-state index contributed by atoms with van der Waals surface area (Å²) in [6, 6.07) is -0.231. The fraction of sp³-hybridized carbons (Fsp3) is 0.750. The molecule has 0 fully saturated rings. The van der Waals surface area contributed by atoms with Crippen LogP contribution in [0.2, 0.25) is 0 Å². The molecule has 0 saturated heterocycles. The minimum Gasteiger partial charge on any atom is -0.354 e. The highest BCUT2D eigenvalue weighted by molar-refractivity contribution is 5.81. The van der Waals surface area contributed by atoms with Crippen LogP contribution in [0.3, 0.4) is 0 Å². The molecule has 1 unspecified atom stereocenters. The molecule has 6 nitrogen and oxygen atoms in total. The van der Waals surface area contributed by atoms with Gasteiger partial charge in [-0.05, 0) is 19.8 Å². The molecule has 18 heavy (non-hydrogen) atoms. The highest BCUT2D eigenvalue weighted by Crippen LogP contribution is 1.96. The molecular formula is C12H23N5O. The zero-order valence-corrected chi connectivity index (χ0v) is 11.6. The summed E-state index contributed by atoms with van der Waals surface area (Å²) in [6.07, 6.45) is 1.69. The normalized spacial score (nSPS) is 12.7. The minimum absolute atomic E-state index is 0.0197. The van der Waals surface area contributed by atoms with Gasteiger partial charge in [0.25, 0.3) is 0 Å². The predicted octanol–water partition coefficient (Wildman–Crippen LogP) is 0.548. The molecule has 0 aliphatic heterocycles. The van der Waals surface area contributed by atoms with Crippen LogP contribution in [0, 0.1) is 5.92 Å². The molecule has 0 aromatic carbocycles. The highest BCUT2D eigenvalue weighted by atomic mass is 16.2. The summed E-state index contributed by atoms with van der Waals surface area (Å²) in [5, 5.41) is 13.9. The Kier molecular flexibility index (Phi) is 5.77. The summed E-state index contributed by atoms with van der Waals surface area (Å²) in [4.78, 5) is 11.7. The maximum Gasteiger partial charge on any atom is 0.236 e. The molecule has 2 N–H and O–H groups in total. The largest absolute Gasteiger partial charge is 0.354 e. The van der Waals surface area contributed by atoms with Gasteiger partial charge in [0.2, 0.25) is 5.91 Å². The summed E-state index contributed by atoms with van der Waals surface area (Å²) < 4.78 is 1.95. The fourth-order valence-electron chi connectivity index (χ4n) is 1.47. The number of nitrogens with one attached hydrogen (secondary N) is 2. The van der Waals surface area contributed by atoms with Crippen molar-refractivity contribution < 1.29 is 4.79 Å². The van der Waals surface area contributed by atoms with E-state index in [4.69, 9.17) is 0 Å². The van der Waals surface area contributed by atoms with E-state index >= 15 is 0 Å². The van der Waals surface area contributed by atoms with Crippen molar-refractivity contribution in [3.05, 3.63) is 12.2 Å². The predicted molar refractivity (Wildman–Crippen MR) is 69.8 cm³/mol. The van der Waals surface area contributed by atoms with Gasteiger partial charge < -0.3 is 9.88 Å². The number of hydrogen-bond acceptors (Lipinski definition) is 4. The molecule has 1 rings (SSSR count). The first kappa shape index (κ1) is 14.6. The van der Waals surface area contributed by atoms with Crippen LogP contribution >= 0.6 is 0 Å². The van der Waals surface area contributed by atoms with Crippen molar-refractivity contribution in [2.75, 3.05) is 6.54 Å². The molecule has 0 aliphatic rings. The Morgan fingerprint density at radius 2 is 2.17 bits per heavy atom. The van der Waals surface area contributed by atoms with Gasteiger partial charge in [0.15, 0.2) is 0 Å². The van der Waals surface area contributed by atoms with Crippen LogP contribution in [0.1, 0.15) is 33.5 Å². The number of rotatable bonds is 7. The first-order valence-corrected chi connectivity index (χ1v) is 6.42. The Morgan fingerprint density at radius 1 is 1.44 bits per heavy atom. The lowest BCUT2D eigenvalue weighted by atomic mass is 10.2. The molecule has 0 aliphatic carbocycles. The number of carbonyl (C=O) groups is 1. The van der Waals surface area contributed by atoms with E-state index in [1.165, 1.54) is 0 Å². The smallest absolute Gasteiger partial charge is 0.236 e. The SMILES string of the molecule is CCn1cnnc1CNC(C)C(=O)NCC(C)C. The van der Waals surface area contributed by atoms with Crippen LogP contribution in [-0.4, -0.2) is 33.3 Å². The van der Waals surface area contributed by atoms with Crippen LogP contribution in [-0.2, 0) is 17.9 Å². The molecule has 1 heterocycles. The van der Waals surface area contributed by atoms with E-state index in [1.807, 2.05) is 18.4 Å². The van der Waals surface area contributed by atoms with E-state index < -0.39 is 0 Å². The maximum atomic E-state index is 11.7. The van der Waals surface area contributed by atoms with E-state index in [-0.39, 0.29) is 11.9 Å². The lowest BCUT2D eigenvalue weighted by Crippen LogP contribution is -2.43. The van der Waals surface area contributed by atoms with Crippen LogP contribution < -0.4 is 10.6 Å². The van der Waals surface area contributed by atoms with Crippen molar-refractivity contribution in [3.8, 4) is 0 Å². The Hall–Kier alpha value is -1.43. The summed E-state index contributed by atoms with van der Waals surface area (Å²) in [5.41, 5.74) is 0. The molecule has 6 heteroatoms. The van der Waals surface area contributed by atoms with E-state index in [0.717, 1.165) is 12.4 Å². The number of hydrogen-bond donors (Lipinski definition) is 2. The molecular weight excluding hydrogens is 230 g/mol. The van der Waals surface area contributed by atoms with Crippen molar-refractivity contribution in [2.24, 2.45) is 5.92 Å². The second-order valence-corrected chi connectivity index (χ2v) is 4.77. The van der Waals surface area contributed by atoms with Crippen LogP contribution in [0.15, 0.2) is 6.33 Å². The topological polar surface area (TPSA) is 71.8 Å². The monoisotopic (exact) mass is 253 g/mol. The second kappa shape index (κ2) is 7.10. The fourth-order valence-corrected chi connectivity index (χ4v) is 1.47. The zero-order valence-electron chi connectivity index (χ0n) is 11.6. The lowest BCUT2D eigenvalue weighted by Gasteiger charge is -2.15. The zero-order chi connectivity index (χ0) is 13.5. The summed E-state index contributed by atoms with van der Waals surface area (Å²) in [7, 11) is 0. The van der Waals surface area contributed by atoms with Crippen molar-refractivity contribution in [1.29, 1.82) is 0 Å². The van der Waals surface area contributed by atoms with Crippen molar-refractivity contribution in [2.45, 2.75) is 46.8 Å². The van der Waals surface area contributed by atoms with Gasteiger partial charge in [-0.3, -0.25) is 10.1 Å². The number of amides is 1. The van der Waals surface area contributed by atoms with E-state index in [1.54, 1.807) is 6.33 Å². The molecule has 1 aromatic heterocycles. The highest BCUT2D eigenvalue weighted by Gasteiger charge is 2.13. The van der Waals surface area contributed by atoms with Crippen molar-refractivity contribution >= 4 is 5.91 Å². The van der Waals surface area contributed by atoms with Gasteiger partial charge in [0, 0.05) is 13.1 Å². The Balaban J connectivity index is 2.36. The van der Waals surface area contributed by atoms with E-state index in [0.29, 0.717) is 19.0 Å². The first-order valence-electron chi connectivity index (χ1n) is 6.42. The summed E-state index contributed by atoms with van der Waals surface area (Å²) in [5.74, 6) is 1.33. The summed E-state index contributed by atoms with van der Waals surface area (Å²) >= 11 is 0. The van der Waals surface area contributed by atoms with Gasteiger partial charge in [-0.1, -0.05) is 13.8 Å². The third-order valence-electron chi connectivity index (χ3n) is 2.68. The molecule has 1 amide bonds. The standard InChI is InChI=1S/C12H23N5O/c1-5-17-8-15-16-11(17)7-13-10(4)12(18)14-6-9(2)3/h8-10,13H,5-7H2,1-4H3,(H,14,18). The number of nitrogens with zero attached hydrogens (tertiary/aromatic N) is 3. The quantitative estimate of drug-likeness (QED) is 0.744. The molecule has 0 radical (unpaired) electrons. The van der Waals surface area contributed by atoms with Crippen molar-refractivity contribution in [3.63, 3.8) is 0 Å². The Labute approximate surface area is 108 Å².